The Morgan fingerprint density at radius 3 is 2.45 bits per heavy atom. The van der Waals surface area contributed by atoms with Crippen molar-refractivity contribution in [3.05, 3.63) is 47.8 Å². The van der Waals surface area contributed by atoms with Crippen molar-refractivity contribution in [2.45, 2.75) is 38.5 Å². The Bertz CT molecular complexity index is 627. The van der Waals surface area contributed by atoms with E-state index in [1.165, 1.54) is 23.7 Å². The maximum Gasteiger partial charge on any atom is 0.435 e. The molecule has 3 nitrogen and oxygen atoms in total. The first kappa shape index (κ1) is 15.1. The van der Waals surface area contributed by atoms with Gasteiger partial charge < -0.3 is 5.32 Å². The number of hydrogen-bond donors (Lipinski definition) is 1. The van der Waals surface area contributed by atoms with E-state index in [1.54, 1.807) is 12.1 Å². The molecule has 1 aliphatic rings. The molecule has 0 spiro atoms. The Hall–Kier alpha value is -1.82. The van der Waals surface area contributed by atoms with Crippen LogP contribution in [-0.2, 0) is 12.7 Å². The summed E-state index contributed by atoms with van der Waals surface area (Å²) in [5, 5.41) is 7.04. The predicted molar refractivity (Wildman–Crippen MR) is 77.6 cm³/mol. The molecule has 1 heterocycles. The fourth-order valence-electron chi connectivity index (χ4n) is 2.43. The van der Waals surface area contributed by atoms with Crippen LogP contribution in [0.5, 0.6) is 0 Å². The van der Waals surface area contributed by atoms with Gasteiger partial charge >= 0.3 is 6.18 Å². The molecular weight excluding hydrogens is 291 g/mol. The van der Waals surface area contributed by atoms with Crippen LogP contribution in [0.3, 0.4) is 0 Å². The van der Waals surface area contributed by atoms with Gasteiger partial charge in [0.05, 0.1) is 5.69 Å². The third kappa shape index (κ3) is 3.50. The van der Waals surface area contributed by atoms with Gasteiger partial charge in [-0.05, 0) is 49.4 Å². The molecule has 1 atom stereocenters. The summed E-state index contributed by atoms with van der Waals surface area (Å²) in [6.45, 7) is 2.96. The summed E-state index contributed by atoms with van der Waals surface area (Å²) in [6.07, 6.45) is -0.485. The number of aromatic nitrogens is 2. The minimum atomic E-state index is -4.41. The number of alkyl halides is 3. The van der Waals surface area contributed by atoms with Crippen LogP contribution in [0, 0.1) is 5.92 Å². The highest BCUT2D eigenvalue weighted by atomic mass is 19.4. The second-order valence-electron chi connectivity index (χ2n) is 5.82. The van der Waals surface area contributed by atoms with Crippen LogP contribution in [-0.4, -0.2) is 15.8 Å². The van der Waals surface area contributed by atoms with Crippen LogP contribution in [0.1, 0.15) is 31.0 Å². The minimum Gasteiger partial charge on any atom is -0.310 e. The molecule has 2 aromatic rings. The smallest absolute Gasteiger partial charge is 0.310 e. The highest BCUT2D eigenvalue weighted by Gasteiger charge is 2.33. The third-order valence-corrected chi connectivity index (χ3v) is 4.04. The molecule has 1 fully saturated rings. The Morgan fingerprint density at radius 1 is 1.23 bits per heavy atom. The number of nitrogens with one attached hydrogen (secondary N) is 1. The lowest BCUT2D eigenvalue weighted by molar-refractivity contribution is -0.141. The Morgan fingerprint density at radius 2 is 1.91 bits per heavy atom. The first-order valence-corrected chi connectivity index (χ1v) is 7.39. The van der Waals surface area contributed by atoms with Crippen LogP contribution in [0.2, 0.25) is 0 Å². The van der Waals surface area contributed by atoms with Gasteiger partial charge in [0, 0.05) is 18.8 Å². The number of benzene rings is 1. The molecule has 0 aliphatic heterocycles. The van der Waals surface area contributed by atoms with E-state index in [-0.39, 0.29) is 0 Å². The van der Waals surface area contributed by atoms with E-state index < -0.39 is 11.9 Å². The maximum absolute atomic E-state index is 12.5. The van der Waals surface area contributed by atoms with Gasteiger partial charge in [-0.3, -0.25) is 0 Å². The zero-order chi connectivity index (χ0) is 15.7. The van der Waals surface area contributed by atoms with E-state index in [1.807, 2.05) is 12.1 Å². The summed E-state index contributed by atoms with van der Waals surface area (Å²) in [5.74, 6) is 0.795. The van der Waals surface area contributed by atoms with Gasteiger partial charge in [0.2, 0.25) is 0 Å². The standard InChI is InChI=1S/C16H18F3N3/c1-11(13-4-5-13)20-10-12-2-6-14(7-3-12)22-9-8-15(21-22)16(17,18)19/h2-3,6-9,11,13,20H,4-5,10H2,1H3. The van der Waals surface area contributed by atoms with Crippen LogP contribution in [0.15, 0.2) is 36.5 Å². The maximum atomic E-state index is 12.5. The Balaban J connectivity index is 1.64. The first-order chi connectivity index (χ1) is 10.4. The van der Waals surface area contributed by atoms with Gasteiger partial charge in [-0.25, -0.2) is 4.68 Å². The van der Waals surface area contributed by atoms with E-state index in [2.05, 4.69) is 17.3 Å². The molecule has 6 heteroatoms. The summed E-state index contributed by atoms with van der Waals surface area (Å²) in [6, 6.07) is 8.89. The van der Waals surface area contributed by atoms with Gasteiger partial charge in [0.1, 0.15) is 0 Å². The molecule has 22 heavy (non-hydrogen) atoms. The number of halogens is 3. The molecule has 1 aliphatic carbocycles. The molecule has 1 unspecified atom stereocenters. The average molecular weight is 309 g/mol. The molecule has 1 aromatic heterocycles. The fraction of sp³-hybridized carbons (Fsp3) is 0.438. The first-order valence-electron chi connectivity index (χ1n) is 7.39. The minimum absolute atomic E-state index is 0.514. The quantitative estimate of drug-likeness (QED) is 0.911. The van der Waals surface area contributed by atoms with Gasteiger partial charge in [0.25, 0.3) is 0 Å². The van der Waals surface area contributed by atoms with Gasteiger partial charge in [-0.2, -0.15) is 18.3 Å². The van der Waals surface area contributed by atoms with Crippen LogP contribution in [0.25, 0.3) is 5.69 Å². The number of hydrogen-bond acceptors (Lipinski definition) is 2. The topological polar surface area (TPSA) is 29.9 Å². The predicted octanol–water partition coefficient (Wildman–Crippen LogP) is 3.78. The van der Waals surface area contributed by atoms with Gasteiger partial charge in [-0.15, -0.1) is 0 Å². The van der Waals surface area contributed by atoms with Crippen molar-refractivity contribution >= 4 is 0 Å². The van der Waals surface area contributed by atoms with E-state index in [0.29, 0.717) is 11.7 Å². The lowest BCUT2D eigenvalue weighted by Gasteiger charge is -2.12. The average Bonchev–Trinajstić information content (AvgIpc) is 3.21. The van der Waals surface area contributed by atoms with Gasteiger partial charge in [-0.1, -0.05) is 12.1 Å². The van der Waals surface area contributed by atoms with E-state index in [4.69, 9.17) is 0 Å². The van der Waals surface area contributed by atoms with Crippen LogP contribution < -0.4 is 5.32 Å². The Labute approximate surface area is 127 Å². The zero-order valence-electron chi connectivity index (χ0n) is 12.3. The lowest BCUT2D eigenvalue weighted by atomic mass is 10.1. The monoisotopic (exact) mass is 309 g/mol. The molecule has 0 radical (unpaired) electrons. The fourth-order valence-corrected chi connectivity index (χ4v) is 2.43. The Kier molecular flexibility index (Phi) is 3.95. The summed E-state index contributed by atoms with van der Waals surface area (Å²) >= 11 is 0. The molecule has 118 valence electrons. The summed E-state index contributed by atoms with van der Waals surface area (Å²) < 4.78 is 38.9. The molecular formula is C16H18F3N3. The number of rotatable bonds is 5. The highest BCUT2D eigenvalue weighted by molar-refractivity contribution is 5.34. The molecule has 0 amide bonds. The van der Waals surface area contributed by atoms with E-state index in [0.717, 1.165) is 24.1 Å². The zero-order valence-corrected chi connectivity index (χ0v) is 12.3. The molecule has 1 saturated carbocycles. The third-order valence-electron chi connectivity index (χ3n) is 4.04. The van der Waals surface area contributed by atoms with Crippen molar-refractivity contribution in [3.63, 3.8) is 0 Å². The molecule has 1 aromatic carbocycles. The van der Waals surface area contributed by atoms with Crippen molar-refractivity contribution in [1.82, 2.24) is 15.1 Å². The molecule has 0 saturated heterocycles. The van der Waals surface area contributed by atoms with Crippen LogP contribution in [0.4, 0.5) is 13.2 Å². The van der Waals surface area contributed by atoms with Crippen molar-refractivity contribution in [2.24, 2.45) is 5.92 Å². The van der Waals surface area contributed by atoms with Gasteiger partial charge in [0.15, 0.2) is 5.69 Å². The summed E-state index contributed by atoms with van der Waals surface area (Å²) in [5.41, 5.74) is 0.852. The second kappa shape index (κ2) is 5.76. The lowest BCUT2D eigenvalue weighted by Crippen LogP contribution is -2.27. The van der Waals surface area contributed by atoms with Crippen molar-refractivity contribution < 1.29 is 13.2 Å². The van der Waals surface area contributed by atoms with Crippen molar-refractivity contribution in [2.75, 3.05) is 0 Å². The SMILES string of the molecule is CC(NCc1ccc(-n2ccc(C(F)(F)F)n2)cc1)C1CC1. The molecule has 0 bridgehead atoms. The number of nitrogens with zero attached hydrogens (tertiary/aromatic N) is 2. The molecule has 1 N–H and O–H groups in total. The summed E-state index contributed by atoms with van der Waals surface area (Å²) in [4.78, 5) is 0. The largest absolute Gasteiger partial charge is 0.435 e. The van der Waals surface area contributed by atoms with Crippen molar-refractivity contribution in [1.29, 1.82) is 0 Å². The van der Waals surface area contributed by atoms with E-state index in [9.17, 15) is 13.2 Å². The normalized spacial score (nSPS) is 16.7. The van der Waals surface area contributed by atoms with Crippen LogP contribution >= 0.6 is 0 Å². The summed E-state index contributed by atoms with van der Waals surface area (Å²) in [7, 11) is 0. The van der Waals surface area contributed by atoms with E-state index >= 15 is 0 Å². The molecule has 3 rings (SSSR count). The second-order valence-corrected chi connectivity index (χ2v) is 5.82. The highest BCUT2D eigenvalue weighted by Crippen LogP contribution is 2.32. The van der Waals surface area contributed by atoms with Crippen molar-refractivity contribution in [3.8, 4) is 5.69 Å².